The van der Waals surface area contributed by atoms with E-state index >= 15 is 0 Å². The molecule has 2 saturated heterocycles. The molecule has 0 aliphatic carbocycles. The number of nitrogens with zero attached hydrogens (tertiary/aromatic N) is 1. The van der Waals surface area contributed by atoms with Crippen molar-refractivity contribution in [2.75, 3.05) is 32.8 Å². The van der Waals surface area contributed by atoms with Crippen molar-refractivity contribution >= 4 is 0 Å². The number of hydrogen-bond acceptors (Lipinski definition) is 4. The fourth-order valence-electron chi connectivity index (χ4n) is 3.28. The van der Waals surface area contributed by atoms with Gasteiger partial charge in [0.25, 0.3) is 0 Å². The Morgan fingerprint density at radius 1 is 1.42 bits per heavy atom. The number of ether oxygens (including phenoxy) is 1. The molecule has 0 bridgehead atoms. The van der Waals surface area contributed by atoms with Crippen LogP contribution in [0.1, 0.15) is 40.0 Å². The van der Waals surface area contributed by atoms with Crippen molar-refractivity contribution in [1.82, 2.24) is 10.2 Å². The lowest BCUT2D eigenvalue weighted by molar-refractivity contribution is -0.0289. The summed E-state index contributed by atoms with van der Waals surface area (Å²) in [7, 11) is 0. The van der Waals surface area contributed by atoms with Crippen LogP contribution in [0.5, 0.6) is 0 Å². The first kappa shape index (κ1) is 15.2. The van der Waals surface area contributed by atoms with Gasteiger partial charge in [0, 0.05) is 25.6 Å². The summed E-state index contributed by atoms with van der Waals surface area (Å²) in [4.78, 5) is 2.52. The molecule has 2 fully saturated rings. The first-order chi connectivity index (χ1) is 9.05. The van der Waals surface area contributed by atoms with Crippen LogP contribution in [-0.4, -0.2) is 60.5 Å². The van der Waals surface area contributed by atoms with Crippen molar-refractivity contribution in [2.45, 2.75) is 57.8 Å². The number of nitrogens with one attached hydrogen (secondary N) is 1. The molecule has 3 unspecified atom stereocenters. The molecule has 2 aliphatic rings. The Kier molecular flexibility index (Phi) is 5.23. The van der Waals surface area contributed by atoms with Crippen molar-refractivity contribution in [3.63, 3.8) is 0 Å². The Labute approximate surface area is 117 Å². The number of aliphatic hydroxyl groups is 1. The number of likely N-dealkylation sites (tertiary alicyclic amines) is 1. The van der Waals surface area contributed by atoms with Gasteiger partial charge in [-0.15, -0.1) is 0 Å². The molecule has 4 nitrogen and oxygen atoms in total. The van der Waals surface area contributed by atoms with Crippen LogP contribution in [0.3, 0.4) is 0 Å². The van der Waals surface area contributed by atoms with E-state index in [9.17, 15) is 5.11 Å². The topological polar surface area (TPSA) is 44.7 Å². The zero-order valence-corrected chi connectivity index (χ0v) is 12.7. The second-order valence-corrected chi connectivity index (χ2v) is 6.31. The van der Waals surface area contributed by atoms with Crippen LogP contribution in [0.15, 0.2) is 0 Å². The lowest BCUT2D eigenvalue weighted by Gasteiger charge is -2.36. The third-order valence-corrected chi connectivity index (χ3v) is 5.18. The molecule has 112 valence electrons. The summed E-state index contributed by atoms with van der Waals surface area (Å²) in [6, 6.07) is 0.482. The number of hydrogen-bond donors (Lipinski definition) is 2. The Hall–Kier alpha value is -0.160. The van der Waals surface area contributed by atoms with Crippen LogP contribution in [0, 0.1) is 5.92 Å². The summed E-state index contributed by atoms with van der Waals surface area (Å²) in [6.45, 7) is 11.4. The van der Waals surface area contributed by atoms with Crippen LogP contribution in [0.2, 0.25) is 0 Å². The largest absolute Gasteiger partial charge is 0.386 e. The highest BCUT2D eigenvalue weighted by Gasteiger charge is 2.39. The summed E-state index contributed by atoms with van der Waals surface area (Å²) in [5.74, 6) is 0.740. The predicted octanol–water partition coefficient (Wildman–Crippen LogP) is 1.24. The Morgan fingerprint density at radius 3 is 2.63 bits per heavy atom. The summed E-state index contributed by atoms with van der Waals surface area (Å²) in [6.07, 6.45) is 3.25. The second-order valence-electron chi connectivity index (χ2n) is 6.31. The molecule has 3 atom stereocenters. The minimum atomic E-state index is -0.668. The fraction of sp³-hybridized carbons (Fsp3) is 1.00. The highest BCUT2D eigenvalue weighted by molar-refractivity contribution is 4.93. The van der Waals surface area contributed by atoms with Crippen molar-refractivity contribution < 1.29 is 9.84 Å². The molecule has 0 saturated carbocycles. The lowest BCUT2D eigenvalue weighted by Crippen LogP contribution is -2.50. The molecule has 2 N–H and O–H groups in total. The number of rotatable bonds is 5. The normalized spacial score (nSPS) is 35.7. The fourth-order valence-corrected chi connectivity index (χ4v) is 3.28. The first-order valence-electron chi connectivity index (χ1n) is 7.85. The first-order valence-corrected chi connectivity index (χ1v) is 7.85. The molecule has 2 heterocycles. The Morgan fingerprint density at radius 2 is 2.11 bits per heavy atom. The van der Waals surface area contributed by atoms with E-state index < -0.39 is 5.60 Å². The van der Waals surface area contributed by atoms with Crippen LogP contribution >= 0.6 is 0 Å². The Balaban J connectivity index is 1.74. The van der Waals surface area contributed by atoms with E-state index in [1.54, 1.807) is 0 Å². The molecule has 19 heavy (non-hydrogen) atoms. The molecule has 0 spiro atoms. The van der Waals surface area contributed by atoms with Gasteiger partial charge in [-0.3, -0.25) is 0 Å². The zero-order chi connectivity index (χ0) is 13.9. The van der Waals surface area contributed by atoms with Crippen LogP contribution in [-0.2, 0) is 4.74 Å². The average molecular weight is 270 g/mol. The summed E-state index contributed by atoms with van der Waals surface area (Å²) < 4.78 is 5.48. The lowest BCUT2D eigenvalue weighted by atomic mass is 9.89. The van der Waals surface area contributed by atoms with Gasteiger partial charge in [-0.05, 0) is 52.2 Å². The van der Waals surface area contributed by atoms with E-state index in [4.69, 9.17) is 4.74 Å². The summed E-state index contributed by atoms with van der Waals surface area (Å²) in [5, 5.41) is 14.0. The molecular weight excluding hydrogens is 240 g/mol. The third-order valence-electron chi connectivity index (χ3n) is 5.18. The predicted molar refractivity (Wildman–Crippen MR) is 77.3 cm³/mol. The summed E-state index contributed by atoms with van der Waals surface area (Å²) >= 11 is 0. The monoisotopic (exact) mass is 270 g/mol. The van der Waals surface area contributed by atoms with Gasteiger partial charge in [0.1, 0.15) is 5.60 Å². The standard InChI is InChI=1S/C15H30N2O2/c1-4-17-8-5-14(6-9-17)12(2)16-11-15(18)7-10-19-13(15)3/h12-14,16,18H,4-11H2,1-3H3. The zero-order valence-electron chi connectivity index (χ0n) is 12.7. The maximum Gasteiger partial charge on any atom is 0.105 e. The minimum Gasteiger partial charge on any atom is -0.386 e. The van der Waals surface area contributed by atoms with Crippen LogP contribution in [0.25, 0.3) is 0 Å². The molecule has 2 rings (SSSR count). The smallest absolute Gasteiger partial charge is 0.105 e. The van der Waals surface area contributed by atoms with Gasteiger partial charge in [0.2, 0.25) is 0 Å². The van der Waals surface area contributed by atoms with Gasteiger partial charge in [-0.25, -0.2) is 0 Å². The quantitative estimate of drug-likeness (QED) is 0.789. The van der Waals surface area contributed by atoms with E-state index in [-0.39, 0.29) is 6.10 Å². The van der Waals surface area contributed by atoms with Crippen molar-refractivity contribution in [1.29, 1.82) is 0 Å². The highest BCUT2D eigenvalue weighted by Crippen LogP contribution is 2.26. The van der Waals surface area contributed by atoms with Crippen LogP contribution in [0.4, 0.5) is 0 Å². The summed E-state index contributed by atoms with van der Waals surface area (Å²) in [5.41, 5.74) is -0.668. The Bertz CT molecular complexity index is 279. The van der Waals surface area contributed by atoms with E-state index in [1.807, 2.05) is 6.92 Å². The van der Waals surface area contributed by atoms with Crippen molar-refractivity contribution in [3.8, 4) is 0 Å². The third kappa shape index (κ3) is 3.69. The van der Waals surface area contributed by atoms with Gasteiger partial charge in [0.05, 0.1) is 6.10 Å². The molecule has 0 aromatic rings. The average Bonchev–Trinajstić information content (AvgIpc) is 2.77. The van der Waals surface area contributed by atoms with Gasteiger partial charge >= 0.3 is 0 Å². The minimum absolute atomic E-state index is 0.0471. The van der Waals surface area contributed by atoms with E-state index in [2.05, 4.69) is 24.1 Å². The van der Waals surface area contributed by atoms with E-state index in [1.165, 1.54) is 32.5 Å². The molecule has 0 amide bonds. The molecule has 4 heteroatoms. The van der Waals surface area contributed by atoms with Gasteiger partial charge in [-0.2, -0.15) is 0 Å². The van der Waals surface area contributed by atoms with Gasteiger partial charge in [-0.1, -0.05) is 6.92 Å². The molecule has 0 radical (unpaired) electrons. The van der Waals surface area contributed by atoms with E-state index in [0.29, 0.717) is 19.2 Å². The molecule has 0 aromatic carbocycles. The maximum atomic E-state index is 10.5. The second kappa shape index (κ2) is 6.53. The SMILES string of the molecule is CCN1CCC(C(C)NCC2(O)CCOC2C)CC1. The van der Waals surface area contributed by atoms with Crippen molar-refractivity contribution in [3.05, 3.63) is 0 Å². The highest BCUT2D eigenvalue weighted by atomic mass is 16.5. The van der Waals surface area contributed by atoms with Gasteiger partial charge in [0.15, 0.2) is 0 Å². The molecular formula is C15H30N2O2. The maximum absolute atomic E-state index is 10.5. The van der Waals surface area contributed by atoms with Crippen molar-refractivity contribution in [2.24, 2.45) is 5.92 Å². The van der Waals surface area contributed by atoms with Gasteiger partial charge < -0.3 is 20.1 Å². The number of piperidine rings is 1. The molecule has 0 aromatic heterocycles. The van der Waals surface area contributed by atoms with Crippen LogP contribution < -0.4 is 5.32 Å². The molecule has 2 aliphatic heterocycles. The van der Waals surface area contributed by atoms with E-state index in [0.717, 1.165) is 12.3 Å².